The molecule has 0 spiro atoms. The fourth-order valence-corrected chi connectivity index (χ4v) is 3.25. The summed E-state index contributed by atoms with van der Waals surface area (Å²) in [5, 5.41) is 9.14. The van der Waals surface area contributed by atoms with Crippen molar-refractivity contribution in [3.8, 4) is 0 Å². The van der Waals surface area contributed by atoms with Gasteiger partial charge in [0.15, 0.2) is 0 Å². The Hall–Kier alpha value is 0.620. The van der Waals surface area contributed by atoms with Gasteiger partial charge < -0.3 is 5.11 Å². The predicted octanol–water partition coefficient (Wildman–Crippen LogP) is 1.06. The lowest BCUT2D eigenvalue weighted by molar-refractivity contribution is 0.148. The van der Waals surface area contributed by atoms with Crippen molar-refractivity contribution in [2.45, 2.75) is 13.0 Å². The molecule has 1 atom stereocenters. The minimum atomic E-state index is -0.186. The summed E-state index contributed by atoms with van der Waals surface area (Å²) >= 11 is 3.92. The highest BCUT2D eigenvalue weighted by Crippen LogP contribution is 2.16. The molecule has 0 radical (unpaired) electrons. The van der Waals surface area contributed by atoms with Crippen molar-refractivity contribution >= 4 is 23.5 Å². The number of β-amino-alcohol motifs (C(OH)–C–C–N with tert-alkyl or cyclic N) is 1. The van der Waals surface area contributed by atoms with Gasteiger partial charge in [0.2, 0.25) is 0 Å². The van der Waals surface area contributed by atoms with E-state index < -0.39 is 0 Å². The second kappa shape index (κ2) is 5.30. The van der Waals surface area contributed by atoms with E-state index in [9.17, 15) is 0 Å². The minimum absolute atomic E-state index is 0.186. The van der Waals surface area contributed by atoms with Gasteiger partial charge in [-0.2, -0.15) is 0 Å². The van der Waals surface area contributed by atoms with Gasteiger partial charge in [-0.05, 0) is 6.92 Å². The lowest BCUT2D eigenvalue weighted by Crippen LogP contribution is -2.29. The van der Waals surface area contributed by atoms with Crippen molar-refractivity contribution in [3.63, 3.8) is 0 Å². The number of aliphatic hydroxyl groups excluding tert-OH is 1. The van der Waals surface area contributed by atoms with Gasteiger partial charge in [0.1, 0.15) is 0 Å². The number of nitrogens with zero attached hydrogens (tertiary/aromatic N) is 1. The molecule has 0 amide bonds. The van der Waals surface area contributed by atoms with Crippen LogP contribution in [-0.4, -0.2) is 45.9 Å². The Morgan fingerprint density at radius 2 is 1.91 bits per heavy atom. The highest BCUT2D eigenvalue weighted by atomic mass is 32.2. The lowest BCUT2D eigenvalue weighted by Gasteiger charge is -2.19. The quantitative estimate of drug-likeness (QED) is 0.708. The fraction of sp³-hybridized carbons (Fsp3) is 1.00. The van der Waals surface area contributed by atoms with E-state index in [2.05, 4.69) is 4.90 Å². The molecular weight excluding hydrogens is 178 g/mol. The number of thioether (sulfide) groups is 2. The molecule has 1 saturated heterocycles. The van der Waals surface area contributed by atoms with Crippen LogP contribution in [0, 0.1) is 0 Å². The number of aliphatic hydroxyl groups is 1. The molecule has 2 nitrogen and oxygen atoms in total. The van der Waals surface area contributed by atoms with Crippen molar-refractivity contribution < 1.29 is 5.11 Å². The summed E-state index contributed by atoms with van der Waals surface area (Å²) in [5.41, 5.74) is 0. The average Bonchev–Trinajstić information content (AvgIpc) is 2.14. The van der Waals surface area contributed by atoms with Crippen molar-refractivity contribution in [1.82, 2.24) is 4.90 Å². The summed E-state index contributed by atoms with van der Waals surface area (Å²) in [6, 6.07) is 0. The maximum absolute atomic E-state index is 9.14. The average molecular weight is 193 g/mol. The van der Waals surface area contributed by atoms with E-state index in [-0.39, 0.29) is 6.10 Å². The summed E-state index contributed by atoms with van der Waals surface area (Å²) in [4.78, 5) is 2.30. The second-order valence-electron chi connectivity index (χ2n) is 2.78. The van der Waals surface area contributed by atoms with E-state index in [1.54, 1.807) is 0 Å². The van der Waals surface area contributed by atoms with E-state index >= 15 is 0 Å². The Bertz CT molecular complexity index is 103. The molecule has 1 aliphatic rings. The zero-order chi connectivity index (χ0) is 8.10. The van der Waals surface area contributed by atoms with E-state index in [4.69, 9.17) is 5.11 Å². The zero-order valence-electron chi connectivity index (χ0n) is 6.82. The first-order valence-corrected chi connectivity index (χ1v) is 6.16. The van der Waals surface area contributed by atoms with Gasteiger partial charge in [0.25, 0.3) is 0 Å². The Morgan fingerprint density at radius 1 is 1.36 bits per heavy atom. The van der Waals surface area contributed by atoms with Crippen molar-refractivity contribution in [1.29, 1.82) is 0 Å². The normalized spacial score (nSPS) is 24.5. The van der Waals surface area contributed by atoms with Crippen molar-refractivity contribution in [3.05, 3.63) is 0 Å². The molecule has 0 aromatic heterocycles. The third-order valence-corrected chi connectivity index (χ3v) is 3.78. The molecule has 0 aromatic carbocycles. The summed E-state index contributed by atoms with van der Waals surface area (Å²) in [7, 11) is 0. The van der Waals surface area contributed by atoms with Gasteiger partial charge in [0, 0.05) is 29.8 Å². The first kappa shape index (κ1) is 9.71. The highest BCUT2D eigenvalue weighted by molar-refractivity contribution is 8.03. The summed E-state index contributed by atoms with van der Waals surface area (Å²) < 4.78 is 0. The lowest BCUT2D eigenvalue weighted by atomic mass is 10.4. The zero-order valence-corrected chi connectivity index (χ0v) is 8.46. The van der Waals surface area contributed by atoms with Gasteiger partial charge in [-0.15, -0.1) is 23.5 Å². The van der Waals surface area contributed by atoms with Crippen LogP contribution < -0.4 is 0 Å². The number of rotatable bonds is 2. The molecule has 1 fully saturated rings. The predicted molar refractivity (Wildman–Crippen MR) is 53.0 cm³/mol. The molecule has 0 aromatic rings. The monoisotopic (exact) mass is 193 g/mol. The first-order valence-electron chi connectivity index (χ1n) is 3.85. The van der Waals surface area contributed by atoms with Gasteiger partial charge in [-0.3, -0.25) is 4.90 Å². The summed E-state index contributed by atoms with van der Waals surface area (Å²) in [6.07, 6.45) is -0.186. The van der Waals surface area contributed by atoms with Gasteiger partial charge in [0.05, 0.1) is 6.10 Å². The van der Waals surface area contributed by atoms with E-state index in [1.807, 2.05) is 30.4 Å². The molecule has 0 aliphatic carbocycles. The molecule has 1 rings (SSSR count). The Kier molecular flexibility index (Phi) is 4.67. The highest BCUT2D eigenvalue weighted by Gasteiger charge is 2.10. The Labute approximate surface area is 76.7 Å². The molecular formula is C7H15NOS2. The van der Waals surface area contributed by atoms with Gasteiger partial charge >= 0.3 is 0 Å². The van der Waals surface area contributed by atoms with Crippen LogP contribution >= 0.6 is 23.5 Å². The van der Waals surface area contributed by atoms with Crippen LogP contribution in [0.4, 0.5) is 0 Å². The topological polar surface area (TPSA) is 23.5 Å². The third kappa shape index (κ3) is 4.25. The maximum Gasteiger partial charge on any atom is 0.0639 e. The van der Waals surface area contributed by atoms with E-state index in [1.165, 1.54) is 11.5 Å². The van der Waals surface area contributed by atoms with Crippen LogP contribution in [0.25, 0.3) is 0 Å². The summed E-state index contributed by atoms with van der Waals surface area (Å²) in [6.45, 7) is 2.67. The molecule has 1 unspecified atom stereocenters. The third-order valence-electron chi connectivity index (χ3n) is 1.44. The SMILES string of the molecule is CC(O)CN1CSCCSC1. The maximum atomic E-state index is 9.14. The van der Waals surface area contributed by atoms with Crippen LogP contribution in [0.3, 0.4) is 0 Å². The smallest absolute Gasteiger partial charge is 0.0639 e. The Morgan fingerprint density at radius 3 is 2.36 bits per heavy atom. The van der Waals surface area contributed by atoms with Crippen LogP contribution in [0.1, 0.15) is 6.92 Å². The molecule has 1 heterocycles. The second-order valence-corrected chi connectivity index (χ2v) is 4.93. The molecule has 11 heavy (non-hydrogen) atoms. The Balaban J connectivity index is 2.20. The molecule has 1 aliphatic heterocycles. The van der Waals surface area contributed by atoms with E-state index in [0.29, 0.717) is 0 Å². The van der Waals surface area contributed by atoms with Crippen molar-refractivity contribution in [2.24, 2.45) is 0 Å². The van der Waals surface area contributed by atoms with Gasteiger partial charge in [-0.1, -0.05) is 0 Å². The van der Waals surface area contributed by atoms with Crippen LogP contribution in [0.5, 0.6) is 0 Å². The van der Waals surface area contributed by atoms with Crippen LogP contribution in [-0.2, 0) is 0 Å². The minimum Gasteiger partial charge on any atom is -0.392 e. The van der Waals surface area contributed by atoms with Crippen molar-refractivity contribution in [2.75, 3.05) is 29.8 Å². The van der Waals surface area contributed by atoms with Crippen LogP contribution in [0.2, 0.25) is 0 Å². The fourth-order valence-electron chi connectivity index (χ4n) is 1.02. The van der Waals surface area contributed by atoms with Gasteiger partial charge in [-0.25, -0.2) is 0 Å². The standard InChI is InChI=1S/C7H15NOS2/c1-7(9)4-8-5-10-2-3-11-6-8/h7,9H,2-6H2,1H3. The number of hydrogen-bond donors (Lipinski definition) is 1. The molecule has 0 saturated carbocycles. The molecule has 0 bridgehead atoms. The first-order chi connectivity index (χ1) is 5.29. The molecule has 4 heteroatoms. The largest absolute Gasteiger partial charge is 0.392 e. The van der Waals surface area contributed by atoms with E-state index in [0.717, 1.165) is 18.3 Å². The molecule has 1 N–H and O–H groups in total. The summed E-state index contributed by atoms with van der Waals surface area (Å²) in [5.74, 6) is 4.66. The number of hydrogen-bond acceptors (Lipinski definition) is 4. The van der Waals surface area contributed by atoms with Crippen LogP contribution in [0.15, 0.2) is 0 Å². The molecule has 66 valence electrons.